The third-order valence-electron chi connectivity index (χ3n) is 4.73. The summed E-state index contributed by atoms with van der Waals surface area (Å²) in [5.74, 6) is 0.459. The first-order valence-electron chi connectivity index (χ1n) is 9.77. The lowest BCUT2D eigenvalue weighted by Gasteiger charge is -2.12. The van der Waals surface area contributed by atoms with Crippen molar-refractivity contribution in [3.63, 3.8) is 0 Å². The van der Waals surface area contributed by atoms with E-state index in [2.05, 4.69) is 24.1 Å². The molecule has 0 aliphatic heterocycles. The second-order valence-corrected chi connectivity index (χ2v) is 7.78. The van der Waals surface area contributed by atoms with Gasteiger partial charge in [0.1, 0.15) is 11.4 Å². The van der Waals surface area contributed by atoms with Crippen LogP contribution in [0.4, 0.5) is 5.69 Å². The van der Waals surface area contributed by atoms with Gasteiger partial charge in [-0.3, -0.25) is 4.79 Å². The summed E-state index contributed by atoms with van der Waals surface area (Å²) in [4.78, 5) is 17.4. The largest absolute Gasteiger partial charge is 0.508 e. The van der Waals surface area contributed by atoms with Gasteiger partial charge in [0, 0.05) is 22.5 Å². The van der Waals surface area contributed by atoms with Crippen molar-refractivity contribution in [2.24, 2.45) is 0 Å². The summed E-state index contributed by atoms with van der Waals surface area (Å²) in [6, 6.07) is 14.6. The molecule has 0 fully saturated rings. The van der Waals surface area contributed by atoms with E-state index in [0.717, 1.165) is 47.5 Å². The van der Waals surface area contributed by atoms with Gasteiger partial charge in [0.15, 0.2) is 0 Å². The number of rotatable bonds is 8. The molecule has 0 aliphatic rings. The minimum Gasteiger partial charge on any atom is -0.508 e. The standard InChI is InChI=1S/C23H26N2O2S/c1-3-7-17(8-4-2)23-25-21(15-28-23)22(27)24-20-10-6-5-9-19(20)16-11-13-18(26)14-12-16/h5-6,9-15,17,26H,3-4,7-8H2,1-2H3,(H,24,27). The molecule has 3 rings (SSSR count). The number of nitrogens with one attached hydrogen (secondary N) is 1. The van der Waals surface area contributed by atoms with Gasteiger partial charge in [-0.2, -0.15) is 0 Å². The number of carbonyl (C=O) groups excluding carboxylic acids is 1. The molecule has 1 aromatic heterocycles. The zero-order chi connectivity index (χ0) is 19.9. The number of nitrogens with zero attached hydrogens (tertiary/aromatic N) is 1. The molecule has 0 unspecified atom stereocenters. The molecule has 0 bridgehead atoms. The molecule has 0 radical (unpaired) electrons. The minimum absolute atomic E-state index is 0.194. The number of amides is 1. The lowest BCUT2D eigenvalue weighted by molar-refractivity contribution is 0.102. The van der Waals surface area contributed by atoms with E-state index < -0.39 is 0 Å². The molecule has 3 aromatic rings. The number of anilines is 1. The maximum Gasteiger partial charge on any atom is 0.275 e. The van der Waals surface area contributed by atoms with Crippen molar-refractivity contribution in [1.82, 2.24) is 4.98 Å². The van der Waals surface area contributed by atoms with E-state index in [1.807, 2.05) is 41.8 Å². The van der Waals surface area contributed by atoms with Crippen molar-refractivity contribution in [3.05, 3.63) is 64.6 Å². The normalized spacial score (nSPS) is 11.0. The van der Waals surface area contributed by atoms with Crippen molar-refractivity contribution in [3.8, 4) is 16.9 Å². The Kier molecular flexibility index (Phi) is 6.82. The number of carbonyl (C=O) groups is 1. The van der Waals surface area contributed by atoms with Crippen LogP contribution in [-0.4, -0.2) is 16.0 Å². The van der Waals surface area contributed by atoms with Crippen molar-refractivity contribution < 1.29 is 9.90 Å². The Morgan fingerprint density at radius 3 is 2.43 bits per heavy atom. The van der Waals surface area contributed by atoms with E-state index in [0.29, 0.717) is 11.6 Å². The fraction of sp³-hybridized carbons (Fsp3) is 0.304. The molecule has 0 aliphatic carbocycles. The van der Waals surface area contributed by atoms with Gasteiger partial charge < -0.3 is 10.4 Å². The van der Waals surface area contributed by atoms with Gasteiger partial charge in [-0.15, -0.1) is 11.3 Å². The Hall–Kier alpha value is -2.66. The molecule has 0 saturated carbocycles. The molecule has 5 heteroatoms. The molecule has 0 atom stereocenters. The number of hydrogen-bond acceptors (Lipinski definition) is 4. The van der Waals surface area contributed by atoms with Gasteiger partial charge in [-0.05, 0) is 36.6 Å². The zero-order valence-corrected chi connectivity index (χ0v) is 17.1. The van der Waals surface area contributed by atoms with Crippen LogP contribution in [0.25, 0.3) is 11.1 Å². The molecule has 146 valence electrons. The van der Waals surface area contributed by atoms with Crippen LogP contribution in [-0.2, 0) is 0 Å². The van der Waals surface area contributed by atoms with E-state index in [-0.39, 0.29) is 11.7 Å². The zero-order valence-electron chi connectivity index (χ0n) is 16.3. The predicted molar refractivity (Wildman–Crippen MR) is 116 cm³/mol. The summed E-state index contributed by atoms with van der Waals surface area (Å²) in [6.07, 6.45) is 4.44. The minimum atomic E-state index is -0.194. The van der Waals surface area contributed by atoms with Crippen LogP contribution in [0, 0.1) is 0 Å². The Morgan fingerprint density at radius 2 is 1.75 bits per heavy atom. The second kappa shape index (κ2) is 9.51. The molecule has 2 N–H and O–H groups in total. The molecule has 1 amide bonds. The Bertz CT molecular complexity index is 912. The highest BCUT2D eigenvalue weighted by Crippen LogP contribution is 2.31. The van der Waals surface area contributed by atoms with Gasteiger partial charge in [0.25, 0.3) is 5.91 Å². The second-order valence-electron chi connectivity index (χ2n) is 6.89. The summed E-state index contributed by atoms with van der Waals surface area (Å²) < 4.78 is 0. The number of thiazole rings is 1. The first-order valence-corrected chi connectivity index (χ1v) is 10.7. The highest BCUT2D eigenvalue weighted by atomic mass is 32.1. The van der Waals surface area contributed by atoms with Crippen LogP contribution < -0.4 is 5.32 Å². The van der Waals surface area contributed by atoms with Crippen LogP contribution in [0.3, 0.4) is 0 Å². The summed E-state index contributed by atoms with van der Waals surface area (Å²) in [7, 11) is 0. The first kappa shape index (κ1) is 20.1. The maximum absolute atomic E-state index is 12.8. The number of aromatic nitrogens is 1. The summed E-state index contributed by atoms with van der Waals surface area (Å²) in [5.41, 5.74) is 3.03. The van der Waals surface area contributed by atoms with Gasteiger partial charge in [0.2, 0.25) is 0 Å². The average molecular weight is 395 g/mol. The topological polar surface area (TPSA) is 62.2 Å². The van der Waals surface area contributed by atoms with E-state index in [1.54, 1.807) is 23.5 Å². The first-order chi connectivity index (χ1) is 13.6. The van der Waals surface area contributed by atoms with Crippen LogP contribution in [0.2, 0.25) is 0 Å². The number of phenols is 1. The maximum atomic E-state index is 12.8. The molecule has 0 spiro atoms. The SMILES string of the molecule is CCCC(CCC)c1nc(C(=O)Nc2ccccc2-c2ccc(O)cc2)cs1. The number of para-hydroxylation sites is 1. The Balaban J connectivity index is 1.80. The Labute approximate surface area is 170 Å². The van der Waals surface area contributed by atoms with E-state index >= 15 is 0 Å². The van der Waals surface area contributed by atoms with Crippen LogP contribution in [0.15, 0.2) is 53.9 Å². The van der Waals surface area contributed by atoms with Crippen LogP contribution >= 0.6 is 11.3 Å². The molecule has 4 nitrogen and oxygen atoms in total. The van der Waals surface area contributed by atoms with E-state index in [1.165, 1.54) is 0 Å². The molecule has 1 heterocycles. The monoisotopic (exact) mass is 394 g/mol. The van der Waals surface area contributed by atoms with E-state index in [9.17, 15) is 9.90 Å². The molecule has 2 aromatic carbocycles. The average Bonchev–Trinajstić information content (AvgIpc) is 3.19. The van der Waals surface area contributed by atoms with Gasteiger partial charge in [-0.1, -0.05) is 57.0 Å². The third-order valence-corrected chi connectivity index (χ3v) is 5.74. The van der Waals surface area contributed by atoms with Crippen molar-refractivity contribution >= 4 is 22.9 Å². The van der Waals surface area contributed by atoms with Gasteiger partial charge in [0.05, 0.1) is 5.01 Å². The predicted octanol–water partition coefficient (Wildman–Crippen LogP) is 6.45. The molecule has 0 saturated heterocycles. The van der Waals surface area contributed by atoms with Gasteiger partial charge >= 0.3 is 0 Å². The number of hydrogen-bond donors (Lipinski definition) is 2. The molecular formula is C23H26N2O2S. The smallest absolute Gasteiger partial charge is 0.275 e. The fourth-order valence-corrected chi connectivity index (χ4v) is 4.31. The lowest BCUT2D eigenvalue weighted by atomic mass is 9.99. The van der Waals surface area contributed by atoms with Crippen molar-refractivity contribution in [2.75, 3.05) is 5.32 Å². The quantitative estimate of drug-likeness (QED) is 0.461. The number of aromatic hydroxyl groups is 1. The number of benzene rings is 2. The Morgan fingerprint density at radius 1 is 1.07 bits per heavy atom. The summed E-state index contributed by atoms with van der Waals surface area (Å²) in [6.45, 7) is 4.37. The van der Waals surface area contributed by atoms with Crippen LogP contribution in [0.1, 0.15) is 60.9 Å². The summed E-state index contributed by atoms with van der Waals surface area (Å²) in [5, 5.41) is 15.4. The third kappa shape index (κ3) is 4.78. The highest BCUT2D eigenvalue weighted by molar-refractivity contribution is 7.09. The van der Waals surface area contributed by atoms with E-state index in [4.69, 9.17) is 0 Å². The number of phenolic OH excluding ortho intramolecular Hbond substituents is 1. The fourth-order valence-electron chi connectivity index (χ4n) is 3.34. The summed E-state index contributed by atoms with van der Waals surface area (Å²) >= 11 is 1.58. The molecular weight excluding hydrogens is 368 g/mol. The highest BCUT2D eigenvalue weighted by Gasteiger charge is 2.18. The van der Waals surface area contributed by atoms with Crippen molar-refractivity contribution in [2.45, 2.75) is 45.4 Å². The lowest BCUT2D eigenvalue weighted by Crippen LogP contribution is -2.13. The van der Waals surface area contributed by atoms with Gasteiger partial charge in [-0.25, -0.2) is 4.98 Å². The van der Waals surface area contributed by atoms with Crippen LogP contribution in [0.5, 0.6) is 5.75 Å². The van der Waals surface area contributed by atoms with Crippen molar-refractivity contribution in [1.29, 1.82) is 0 Å². The molecule has 28 heavy (non-hydrogen) atoms.